The van der Waals surface area contributed by atoms with E-state index in [1.165, 1.54) is 17.0 Å². The van der Waals surface area contributed by atoms with Gasteiger partial charge in [-0.3, -0.25) is 14.6 Å². The van der Waals surface area contributed by atoms with E-state index in [4.69, 9.17) is 5.11 Å². The zero-order valence-electron chi connectivity index (χ0n) is 14.5. The Balaban J connectivity index is 1.69. The van der Waals surface area contributed by atoms with Crippen molar-refractivity contribution in [2.45, 2.75) is 56.7 Å². The van der Waals surface area contributed by atoms with E-state index in [2.05, 4.69) is 4.90 Å². The van der Waals surface area contributed by atoms with Crippen LogP contribution in [-0.4, -0.2) is 45.8 Å². The van der Waals surface area contributed by atoms with Crippen LogP contribution in [0.15, 0.2) is 18.2 Å². The van der Waals surface area contributed by atoms with Gasteiger partial charge in [-0.1, -0.05) is 6.07 Å². The van der Waals surface area contributed by atoms with Gasteiger partial charge in [0.15, 0.2) is 0 Å². The van der Waals surface area contributed by atoms with Crippen molar-refractivity contribution >= 4 is 17.7 Å². The van der Waals surface area contributed by atoms with E-state index in [1.807, 2.05) is 0 Å². The highest BCUT2D eigenvalue weighted by Gasteiger charge is 2.52. The maximum absolute atomic E-state index is 13.9. The molecule has 1 aliphatic heterocycles. The first-order valence-electron chi connectivity index (χ1n) is 9.26. The highest BCUT2D eigenvalue weighted by molar-refractivity contribution is 5.89. The van der Waals surface area contributed by atoms with Crippen LogP contribution in [-0.2, 0) is 4.79 Å². The van der Waals surface area contributed by atoms with E-state index >= 15 is 0 Å². The molecule has 1 aromatic rings. The van der Waals surface area contributed by atoms with Crippen LogP contribution in [0.1, 0.15) is 50.1 Å². The Hall–Kier alpha value is -2.15. The van der Waals surface area contributed by atoms with Crippen molar-refractivity contribution in [1.82, 2.24) is 4.90 Å². The van der Waals surface area contributed by atoms with Crippen LogP contribution < -0.4 is 4.90 Å². The van der Waals surface area contributed by atoms with Gasteiger partial charge in [-0.05, 0) is 62.3 Å². The minimum Gasteiger partial charge on any atom is -0.481 e. The zero-order valence-corrected chi connectivity index (χ0v) is 14.5. The minimum absolute atomic E-state index is 0.0428. The average molecular weight is 362 g/mol. The number of nitrogens with zero attached hydrogens (tertiary/aromatic N) is 2. The van der Waals surface area contributed by atoms with Crippen LogP contribution in [0.25, 0.3) is 0 Å². The van der Waals surface area contributed by atoms with Gasteiger partial charge in [0.1, 0.15) is 5.82 Å². The number of benzene rings is 1. The Kier molecular flexibility index (Phi) is 4.34. The summed E-state index contributed by atoms with van der Waals surface area (Å²) in [5.41, 5.74) is 1.31. The molecule has 2 N–H and O–H groups in total. The van der Waals surface area contributed by atoms with Crippen LogP contribution in [0.4, 0.5) is 14.9 Å². The third kappa shape index (κ3) is 2.94. The predicted molar refractivity (Wildman–Crippen MR) is 92.8 cm³/mol. The van der Waals surface area contributed by atoms with Crippen molar-refractivity contribution in [3.63, 3.8) is 0 Å². The van der Waals surface area contributed by atoms with E-state index in [9.17, 15) is 19.1 Å². The molecule has 1 heterocycles. The second-order valence-corrected chi connectivity index (χ2v) is 7.58. The summed E-state index contributed by atoms with van der Waals surface area (Å²) >= 11 is 0. The Morgan fingerprint density at radius 1 is 1.19 bits per heavy atom. The van der Waals surface area contributed by atoms with E-state index in [-0.39, 0.29) is 24.4 Å². The fourth-order valence-corrected chi connectivity index (χ4v) is 4.62. The molecular formula is C19H23FN2O4. The molecule has 4 rings (SSSR count). The number of carboxylic acid groups (broad SMARTS) is 2. The fraction of sp³-hybridized carbons (Fsp3) is 0.579. The SMILES string of the molecule is O=C(O)CCCN(C1CC1)[C@@H]1c2ccc(F)cc2N(C(=O)O)[C@@H]2CC[C@@H]21. The van der Waals surface area contributed by atoms with Crippen molar-refractivity contribution in [3.05, 3.63) is 29.6 Å². The molecule has 2 aliphatic carbocycles. The maximum atomic E-state index is 13.9. The number of amides is 1. The summed E-state index contributed by atoms with van der Waals surface area (Å²) in [7, 11) is 0. The van der Waals surface area contributed by atoms with E-state index in [0.717, 1.165) is 31.2 Å². The van der Waals surface area contributed by atoms with Gasteiger partial charge in [-0.25, -0.2) is 9.18 Å². The zero-order chi connectivity index (χ0) is 18.4. The summed E-state index contributed by atoms with van der Waals surface area (Å²) in [6, 6.07) is 4.78. The Bertz CT molecular complexity index is 736. The Morgan fingerprint density at radius 3 is 2.54 bits per heavy atom. The molecule has 7 heteroatoms. The normalized spacial score (nSPS) is 26.8. The lowest BCUT2D eigenvalue weighted by molar-refractivity contribution is -0.137. The van der Waals surface area contributed by atoms with Gasteiger partial charge < -0.3 is 10.2 Å². The number of carboxylic acids is 1. The molecule has 1 aromatic carbocycles. The van der Waals surface area contributed by atoms with Crippen molar-refractivity contribution < 1.29 is 24.2 Å². The number of carbonyl (C=O) groups is 2. The standard InChI is InChI=1S/C19H23FN2O4/c20-11-3-6-14-16(10-11)22(19(25)26)15-8-7-13(15)18(14)21(12-4-5-12)9-1-2-17(23)24/h3,6,10,12-13,15,18H,1-2,4-5,7-9H2,(H,23,24)(H,25,26)/t13-,15+,18-/m0/s1. The highest BCUT2D eigenvalue weighted by atomic mass is 19.1. The van der Waals surface area contributed by atoms with E-state index in [1.54, 1.807) is 6.07 Å². The fourth-order valence-electron chi connectivity index (χ4n) is 4.62. The molecule has 0 saturated heterocycles. The van der Waals surface area contributed by atoms with Crippen LogP contribution in [0.5, 0.6) is 0 Å². The predicted octanol–water partition coefficient (Wildman–Crippen LogP) is 3.47. The first kappa shape index (κ1) is 17.3. The first-order chi connectivity index (χ1) is 12.5. The second kappa shape index (κ2) is 6.54. The van der Waals surface area contributed by atoms with Crippen molar-refractivity contribution in [1.29, 1.82) is 0 Å². The molecule has 0 unspecified atom stereocenters. The van der Waals surface area contributed by atoms with Gasteiger partial charge in [-0.2, -0.15) is 0 Å². The third-order valence-corrected chi connectivity index (χ3v) is 5.98. The molecule has 3 aliphatic rings. The average Bonchev–Trinajstić information content (AvgIpc) is 3.37. The van der Waals surface area contributed by atoms with Crippen LogP contribution >= 0.6 is 0 Å². The van der Waals surface area contributed by atoms with E-state index in [0.29, 0.717) is 24.7 Å². The summed E-state index contributed by atoms with van der Waals surface area (Å²) in [5, 5.41) is 18.6. The molecule has 3 atom stereocenters. The summed E-state index contributed by atoms with van der Waals surface area (Å²) in [5.74, 6) is -1.05. The maximum Gasteiger partial charge on any atom is 0.412 e. The minimum atomic E-state index is -1.03. The van der Waals surface area contributed by atoms with Gasteiger partial charge in [0.25, 0.3) is 0 Å². The van der Waals surface area contributed by atoms with Crippen molar-refractivity contribution in [3.8, 4) is 0 Å². The van der Waals surface area contributed by atoms with Gasteiger partial charge in [0, 0.05) is 24.5 Å². The van der Waals surface area contributed by atoms with Gasteiger partial charge in [0.2, 0.25) is 0 Å². The number of hydrogen-bond acceptors (Lipinski definition) is 3. The molecule has 0 spiro atoms. The monoisotopic (exact) mass is 362 g/mol. The van der Waals surface area contributed by atoms with E-state index < -0.39 is 17.9 Å². The molecule has 0 radical (unpaired) electrons. The molecule has 2 saturated carbocycles. The van der Waals surface area contributed by atoms with Crippen molar-refractivity contribution in [2.24, 2.45) is 5.92 Å². The first-order valence-corrected chi connectivity index (χ1v) is 9.26. The summed E-state index contributed by atoms with van der Waals surface area (Å²) in [6.45, 7) is 0.675. The Labute approximate surface area is 151 Å². The number of aliphatic carboxylic acids is 1. The quantitative estimate of drug-likeness (QED) is 0.810. The molecule has 1 amide bonds. The lowest BCUT2D eigenvalue weighted by atomic mass is 9.68. The molecule has 26 heavy (non-hydrogen) atoms. The smallest absolute Gasteiger partial charge is 0.412 e. The lowest BCUT2D eigenvalue weighted by Crippen LogP contribution is -2.58. The van der Waals surface area contributed by atoms with Crippen LogP contribution in [0.3, 0.4) is 0 Å². The van der Waals surface area contributed by atoms with Crippen LogP contribution in [0, 0.1) is 11.7 Å². The topological polar surface area (TPSA) is 81.1 Å². The Morgan fingerprint density at radius 2 is 1.96 bits per heavy atom. The number of halogens is 1. The molecular weight excluding hydrogens is 339 g/mol. The highest BCUT2D eigenvalue weighted by Crippen LogP contribution is 2.54. The number of rotatable bonds is 6. The molecule has 140 valence electrons. The van der Waals surface area contributed by atoms with Gasteiger partial charge >= 0.3 is 12.1 Å². The largest absolute Gasteiger partial charge is 0.481 e. The third-order valence-electron chi connectivity index (χ3n) is 5.98. The molecule has 0 bridgehead atoms. The molecule has 2 fully saturated rings. The van der Waals surface area contributed by atoms with Gasteiger partial charge in [0.05, 0.1) is 5.69 Å². The van der Waals surface area contributed by atoms with Crippen molar-refractivity contribution in [2.75, 3.05) is 11.4 Å². The van der Waals surface area contributed by atoms with Crippen LogP contribution in [0.2, 0.25) is 0 Å². The lowest BCUT2D eigenvalue weighted by Gasteiger charge is -2.54. The second-order valence-electron chi connectivity index (χ2n) is 7.58. The number of anilines is 1. The van der Waals surface area contributed by atoms with Gasteiger partial charge in [-0.15, -0.1) is 0 Å². The summed E-state index contributed by atoms with van der Waals surface area (Å²) in [4.78, 5) is 26.4. The number of fused-ring (bicyclic) bond motifs is 2. The number of hydrogen-bond donors (Lipinski definition) is 2. The molecule has 6 nitrogen and oxygen atoms in total. The summed E-state index contributed by atoms with van der Waals surface area (Å²) < 4.78 is 13.9. The molecule has 0 aromatic heterocycles. The summed E-state index contributed by atoms with van der Waals surface area (Å²) in [6.07, 6.45) is 3.56.